The fourth-order valence-corrected chi connectivity index (χ4v) is 1.22. The van der Waals surface area contributed by atoms with E-state index >= 15 is 0 Å². The Labute approximate surface area is 84.8 Å². The second-order valence-electron chi connectivity index (χ2n) is 3.67. The molecule has 0 bridgehead atoms. The standard InChI is InChI=1S/C11H16N2O/c1-9-4-6-12-8-10(9)11(14)5-7-13(2)3/h4,6,8H,5,7H2,1-3H3. The highest BCUT2D eigenvalue weighted by atomic mass is 16.1. The molecule has 0 radical (unpaired) electrons. The van der Waals surface area contributed by atoms with Gasteiger partial charge < -0.3 is 4.90 Å². The van der Waals surface area contributed by atoms with Gasteiger partial charge in [-0.1, -0.05) is 0 Å². The maximum Gasteiger partial charge on any atom is 0.165 e. The molecular formula is C11H16N2O. The smallest absolute Gasteiger partial charge is 0.165 e. The Bertz CT molecular complexity index is 321. The van der Waals surface area contributed by atoms with Gasteiger partial charge in [0.2, 0.25) is 0 Å². The van der Waals surface area contributed by atoms with Crippen LogP contribution in [0.1, 0.15) is 22.3 Å². The van der Waals surface area contributed by atoms with Crippen molar-refractivity contribution in [1.29, 1.82) is 0 Å². The first-order valence-electron chi connectivity index (χ1n) is 4.70. The molecule has 0 amide bonds. The van der Waals surface area contributed by atoms with Gasteiger partial charge in [-0.25, -0.2) is 0 Å². The van der Waals surface area contributed by atoms with E-state index in [0.29, 0.717) is 6.42 Å². The van der Waals surface area contributed by atoms with Crippen LogP contribution in [0.2, 0.25) is 0 Å². The summed E-state index contributed by atoms with van der Waals surface area (Å²) in [6.45, 7) is 2.72. The van der Waals surface area contributed by atoms with Gasteiger partial charge in [0.15, 0.2) is 5.78 Å². The van der Waals surface area contributed by atoms with Crippen molar-refractivity contribution >= 4 is 5.78 Å². The lowest BCUT2D eigenvalue weighted by Crippen LogP contribution is -2.17. The maximum atomic E-state index is 11.7. The van der Waals surface area contributed by atoms with Crippen molar-refractivity contribution in [3.63, 3.8) is 0 Å². The predicted molar refractivity (Wildman–Crippen MR) is 56.5 cm³/mol. The molecule has 76 valence electrons. The molecule has 3 heteroatoms. The minimum atomic E-state index is 0.171. The van der Waals surface area contributed by atoms with Gasteiger partial charge in [-0.2, -0.15) is 0 Å². The normalized spacial score (nSPS) is 10.6. The summed E-state index contributed by atoms with van der Waals surface area (Å²) in [4.78, 5) is 17.7. The van der Waals surface area contributed by atoms with Crippen molar-refractivity contribution < 1.29 is 4.79 Å². The van der Waals surface area contributed by atoms with Gasteiger partial charge in [0, 0.05) is 30.9 Å². The van der Waals surface area contributed by atoms with Gasteiger partial charge in [-0.15, -0.1) is 0 Å². The number of nitrogens with zero attached hydrogens (tertiary/aromatic N) is 2. The van der Waals surface area contributed by atoms with E-state index in [1.807, 2.05) is 32.0 Å². The SMILES string of the molecule is Cc1ccncc1C(=O)CCN(C)C. The molecule has 0 aliphatic heterocycles. The van der Waals surface area contributed by atoms with Crippen molar-refractivity contribution in [1.82, 2.24) is 9.88 Å². The molecule has 0 saturated heterocycles. The largest absolute Gasteiger partial charge is 0.309 e. The number of Topliss-reactive ketones (excluding diaryl/α,β-unsaturated/α-hetero) is 1. The molecule has 0 unspecified atom stereocenters. The van der Waals surface area contributed by atoms with E-state index in [1.165, 1.54) is 0 Å². The van der Waals surface area contributed by atoms with Crippen LogP contribution < -0.4 is 0 Å². The van der Waals surface area contributed by atoms with Gasteiger partial charge in [-0.3, -0.25) is 9.78 Å². The Morgan fingerprint density at radius 3 is 2.79 bits per heavy atom. The average Bonchev–Trinajstić information content (AvgIpc) is 2.15. The molecule has 14 heavy (non-hydrogen) atoms. The molecule has 0 saturated carbocycles. The quantitative estimate of drug-likeness (QED) is 0.678. The molecule has 0 fully saturated rings. The number of hydrogen-bond acceptors (Lipinski definition) is 3. The molecule has 0 aliphatic rings. The summed E-state index contributed by atoms with van der Waals surface area (Å²) < 4.78 is 0. The first-order chi connectivity index (χ1) is 6.61. The third-order valence-corrected chi connectivity index (χ3v) is 2.13. The summed E-state index contributed by atoms with van der Waals surface area (Å²) in [5.41, 5.74) is 1.75. The molecule has 0 aliphatic carbocycles. The molecule has 1 rings (SSSR count). The number of hydrogen-bond donors (Lipinski definition) is 0. The van der Waals surface area contributed by atoms with E-state index in [-0.39, 0.29) is 5.78 Å². The zero-order valence-corrected chi connectivity index (χ0v) is 8.95. The Morgan fingerprint density at radius 1 is 1.50 bits per heavy atom. The van der Waals surface area contributed by atoms with Crippen LogP contribution in [0.3, 0.4) is 0 Å². The first kappa shape index (κ1) is 10.9. The first-order valence-corrected chi connectivity index (χ1v) is 4.70. The number of aromatic nitrogens is 1. The van der Waals surface area contributed by atoms with Crippen molar-refractivity contribution in [2.24, 2.45) is 0 Å². The highest BCUT2D eigenvalue weighted by Crippen LogP contribution is 2.07. The molecule has 0 spiro atoms. The van der Waals surface area contributed by atoms with E-state index in [0.717, 1.165) is 17.7 Å². The minimum Gasteiger partial charge on any atom is -0.309 e. The number of ketones is 1. The summed E-state index contributed by atoms with van der Waals surface area (Å²) in [5, 5.41) is 0. The number of aryl methyl sites for hydroxylation is 1. The summed E-state index contributed by atoms with van der Waals surface area (Å²) >= 11 is 0. The fraction of sp³-hybridized carbons (Fsp3) is 0.455. The average molecular weight is 192 g/mol. The third kappa shape index (κ3) is 2.92. The molecule has 1 heterocycles. The van der Waals surface area contributed by atoms with Crippen molar-refractivity contribution in [3.8, 4) is 0 Å². The number of carbonyl (C=O) groups excluding carboxylic acids is 1. The van der Waals surface area contributed by atoms with E-state index < -0.39 is 0 Å². The van der Waals surface area contributed by atoms with Crippen LogP contribution in [0, 0.1) is 6.92 Å². The van der Waals surface area contributed by atoms with Gasteiger partial charge in [-0.05, 0) is 32.6 Å². The van der Waals surface area contributed by atoms with E-state index in [1.54, 1.807) is 12.4 Å². The highest BCUT2D eigenvalue weighted by molar-refractivity contribution is 5.97. The van der Waals surface area contributed by atoms with Gasteiger partial charge >= 0.3 is 0 Å². The maximum absolute atomic E-state index is 11.7. The van der Waals surface area contributed by atoms with Gasteiger partial charge in [0.05, 0.1) is 0 Å². The molecular weight excluding hydrogens is 176 g/mol. The topological polar surface area (TPSA) is 33.2 Å². The van der Waals surface area contributed by atoms with E-state index in [2.05, 4.69) is 4.98 Å². The lowest BCUT2D eigenvalue weighted by Gasteiger charge is -2.09. The van der Waals surface area contributed by atoms with Gasteiger partial charge in [0.25, 0.3) is 0 Å². The van der Waals surface area contributed by atoms with Crippen molar-refractivity contribution in [2.75, 3.05) is 20.6 Å². The Hall–Kier alpha value is -1.22. The zero-order valence-electron chi connectivity index (χ0n) is 8.95. The van der Waals surface area contributed by atoms with Crippen LogP contribution in [0.25, 0.3) is 0 Å². The predicted octanol–water partition coefficient (Wildman–Crippen LogP) is 1.52. The van der Waals surface area contributed by atoms with Crippen LogP contribution >= 0.6 is 0 Å². The van der Waals surface area contributed by atoms with E-state index in [4.69, 9.17) is 0 Å². The Balaban J connectivity index is 2.65. The van der Waals surface area contributed by atoms with Crippen LogP contribution in [-0.4, -0.2) is 36.3 Å². The molecule has 0 N–H and O–H groups in total. The molecule has 3 nitrogen and oxygen atoms in total. The summed E-state index contributed by atoms with van der Waals surface area (Å²) in [5.74, 6) is 0.171. The number of rotatable bonds is 4. The second-order valence-corrected chi connectivity index (χ2v) is 3.67. The minimum absolute atomic E-state index is 0.171. The molecule has 0 aromatic carbocycles. The lowest BCUT2D eigenvalue weighted by molar-refractivity contribution is 0.0971. The molecule has 0 atom stereocenters. The molecule has 1 aromatic heterocycles. The molecule has 1 aromatic rings. The van der Waals surface area contributed by atoms with E-state index in [9.17, 15) is 4.79 Å². The van der Waals surface area contributed by atoms with Crippen molar-refractivity contribution in [3.05, 3.63) is 29.6 Å². The number of pyridine rings is 1. The summed E-state index contributed by atoms with van der Waals surface area (Å²) in [7, 11) is 3.92. The fourth-order valence-electron chi connectivity index (χ4n) is 1.22. The zero-order chi connectivity index (χ0) is 10.6. The lowest BCUT2D eigenvalue weighted by atomic mass is 10.1. The summed E-state index contributed by atoms with van der Waals surface area (Å²) in [6, 6.07) is 1.86. The summed E-state index contributed by atoms with van der Waals surface area (Å²) in [6.07, 6.45) is 3.91. The number of carbonyl (C=O) groups is 1. The van der Waals surface area contributed by atoms with Crippen LogP contribution in [-0.2, 0) is 0 Å². The second kappa shape index (κ2) is 4.86. The highest BCUT2D eigenvalue weighted by Gasteiger charge is 2.08. The van der Waals surface area contributed by atoms with Crippen LogP contribution in [0.15, 0.2) is 18.5 Å². The Kier molecular flexibility index (Phi) is 3.77. The third-order valence-electron chi connectivity index (χ3n) is 2.13. The van der Waals surface area contributed by atoms with Crippen molar-refractivity contribution in [2.45, 2.75) is 13.3 Å². The van der Waals surface area contributed by atoms with Crippen LogP contribution in [0.5, 0.6) is 0 Å². The monoisotopic (exact) mass is 192 g/mol. The van der Waals surface area contributed by atoms with Crippen LogP contribution in [0.4, 0.5) is 0 Å². The Morgan fingerprint density at radius 2 is 2.21 bits per heavy atom. The van der Waals surface area contributed by atoms with Gasteiger partial charge in [0.1, 0.15) is 0 Å².